The Morgan fingerprint density at radius 3 is 2.33 bits per heavy atom. The summed E-state index contributed by atoms with van der Waals surface area (Å²) in [6.45, 7) is 1.95. The number of carboxylic acids is 1. The molecule has 0 radical (unpaired) electrons. The Morgan fingerprint density at radius 1 is 1.27 bits per heavy atom. The highest BCUT2D eigenvalue weighted by atomic mass is 16.4. The van der Waals surface area contributed by atoms with E-state index in [1.165, 1.54) is 4.90 Å². The van der Waals surface area contributed by atoms with Crippen molar-refractivity contribution in [2.45, 2.75) is 13.3 Å². The molecule has 1 aliphatic rings. The number of carbonyl (C=O) groups excluding carboxylic acids is 2. The maximum atomic E-state index is 11.5. The Hall–Kier alpha value is -1.59. The fraction of sp³-hybridized carbons (Fsp3) is 0.667. The molecular weight excluding hydrogens is 200 g/mol. The molecule has 15 heavy (non-hydrogen) atoms. The predicted molar refractivity (Wildman–Crippen MR) is 51.1 cm³/mol. The second-order valence-electron chi connectivity index (χ2n) is 3.46. The minimum Gasteiger partial charge on any atom is -0.480 e. The van der Waals surface area contributed by atoms with E-state index in [9.17, 15) is 14.4 Å². The molecule has 0 aliphatic carbocycles. The summed E-state index contributed by atoms with van der Waals surface area (Å²) in [7, 11) is 0. The first-order valence-corrected chi connectivity index (χ1v) is 4.82. The van der Waals surface area contributed by atoms with E-state index in [2.05, 4.69) is 0 Å². The molecule has 1 rings (SSSR count). The third-order valence-corrected chi connectivity index (χ3v) is 2.18. The molecule has 0 aromatic rings. The molecule has 2 amide bonds. The van der Waals surface area contributed by atoms with E-state index in [4.69, 9.17) is 5.11 Å². The SMILES string of the molecule is CCCN1CC(=O)N(CC(=O)O)CC1=O. The molecule has 6 heteroatoms. The molecule has 1 heterocycles. The van der Waals surface area contributed by atoms with Gasteiger partial charge >= 0.3 is 5.97 Å². The maximum absolute atomic E-state index is 11.5. The summed E-state index contributed by atoms with van der Waals surface area (Å²) >= 11 is 0. The van der Waals surface area contributed by atoms with Crippen LogP contribution in [0.2, 0.25) is 0 Å². The van der Waals surface area contributed by atoms with Crippen LogP contribution in [0, 0.1) is 0 Å². The van der Waals surface area contributed by atoms with Gasteiger partial charge in [-0.05, 0) is 6.42 Å². The molecule has 1 fully saturated rings. The molecule has 0 aromatic heterocycles. The summed E-state index contributed by atoms with van der Waals surface area (Å²) in [5.74, 6) is -1.58. The minimum atomic E-state index is -1.10. The molecule has 0 spiro atoms. The van der Waals surface area contributed by atoms with Crippen LogP contribution in [0.3, 0.4) is 0 Å². The molecular formula is C9H14N2O4. The number of carboxylic acid groups (broad SMARTS) is 1. The number of nitrogens with zero attached hydrogens (tertiary/aromatic N) is 2. The lowest BCUT2D eigenvalue weighted by Crippen LogP contribution is -2.54. The van der Waals surface area contributed by atoms with Gasteiger partial charge in [-0.25, -0.2) is 0 Å². The van der Waals surface area contributed by atoms with Crippen molar-refractivity contribution in [3.63, 3.8) is 0 Å². The first-order chi connectivity index (χ1) is 7.04. The van der Waals surface area contributed by atoms with Crippen LogP contribution in [0.15, 0.2) is 0 Å². The van der Waals surface area contributed by atoms with Crippen molar-refractivity contribution in [2.75, 3.05) is 26.2 Å². The summed E-state index contributed by atoms with van der Waals surface area (Å²) in [5.41, 5.74) is 0. The summed E-state index contributed by atoms with van der Waals surface area (Å²) < 4.78 is 0. The molecule has 0 atom stereocenters. The average molecular weight is 214 g/mol. The Kier molecular flexibility index (Phi) is 3.65. The third kappa shape index (κ3) is 2.93. The zero-order valence-corrected chi connectivity index (χ0v) is 8.60. The molecule has 1 aliphatic heterocycles. The Morgan fingerprint density at radius 2 is 1.80 bits per heavy atom. The smallest absolute Gasteiger partial charge is 0.323 e. The highest BCUT2D eigenvalue weighted by Gasteiger charge is 2.30. The average Bonchev–Trinajstić information content (AvgIpc) is 2.13. The molecule has 0 unspecified atom stereocenters. The van der Waals surface area contributed by atoms with Gasteiger partial charge in [0.15, 0.2) is 0 Å². The molecule has 84 valence electrons. The third-order valence-electron chi connectivity index (χ3n) is 2.18. The zero-order valence-electron chi connectivity index (χ0n) is 8.60. The standard InChI is InChI=1S/C9H14N2O4/c1-2-3-10-4-8(13)11(5-7(10)12)6-9(14)15/h2-6H2,1H3,(H,14,15). The topological polar surface area (TPSA) is 77.9 Å². The number of aliphatic carboxylic acids is 1. The van der Waals surface area contributed by atoms with Gasteiger partial charge in [-0.2, -0.15) is 0 Å². The van der Waals surface area contributed by atoms with Crippen LogP contribution in [-0.2, 0) is 14.4 Å². The minimum absolute atomic E-state index is 0.0000463. The molecule has 0 aromatic carbocycles. The van der Waals surface area contributed by atoms with Crippen molar-refractivity contribution >= 4 is 17.8 Å². The van der Waals surface area contributed by atoms with E-state index < -0.39 is 12.5 Å². The van der Waals surface area contributed by atoms with Gasteiger partial charge in [0, 0.05) is 6.54 Å². The number of amides is 2. The van der Waals surface area contributed by atoms with Crippen LogP contribution in [0.1, 0.15) is 13.3 Å². The van der Waals surface area contributed by atoms with Crippen LogP contribution in [0.25, 0.3) is 0 Å². The number of hydrogen-bond donors (Lipinski definition) is 1. The van der Waals surface area contributed by atoms with Crippen molar-refractivity contribution < 1.29 is 19.5 Å². The van der Waals surface area contributed by atoms with E-state index in [1.807, 2.05) is 6.92 Å². The zero-order chi connectivity index (χ0) is 11.4. The van der Waals surface area contributed by atoms with Gasteiger partial charge < -0.3 is 14.9 Å². The second kappa shape index (κ2) is 4.77. The lowest BCUT2D eigenvalue weighted by Gasteiger charge is -2.32. The van der Waals surface area contributed by atoms with E-state index in [0.717, 1.165) is 11.3 Å². The number of rotatable bonds is 4. The number of hydrogen-bond acceptors (Lipinski definition) is 3. The van der Waals surface area contributed by atoms with Crippen molar-refractivity contribution in [1.82, 2.24) is 9.80 Å². The quantitative estimate of drug-likeness (QED) is 0.661. The van der Waals surface area contributed by atoms with E-state index in [1.54, 1.807) is 0 Å². The second-order valence-corrected chi connectivity index (χ2v) is 3.46. The molecule has 1 saturated heterocycles. The van der Waals surface area contributed by atoms with E-state index in [-0.39, 0.29) is 24.9 Å². The summed E-state index contributed by atoms with van der Waals surface area (Å²) in [4.78, 5) is 35.8. The highest BCUT2D eigenvalue weighted by molar-refractivity contribution is 5.94. The van der Waals surface area contributed by atoms with Gasteiger partial charge in [0.2, 0.25) is 11.8 Å². The Bertz CT molecular complexity index is 290. The molecule has 0 saturated carbocycles. The number of carbonyl (C=O) groups is 3. The molecule has 6 nitrogen and oxygen atoms in total. The highest BCUT2D eigenvalue weighted by Crippen LogP contribution is 2.05. The number of piperazine rings is 1. The Labute approximate surface area is 87.5 Å². The van der Waals surface area contributed by atoms with E-state index in [0.29, 0.717) is 6.54 Å². The van der Waals surface area contributed by atoms with Crippen molar-refractivity contribution in [3.05, 3.63) is 0 Å². The normalized spacial score (nSPS) is 17.1. The van der Waals surface area contributed by atoms with E-state index >= 15 is 0 Å². The summed E-state index contributed by atoms with van der Waals surface area (Å²) in [6.07, 6.45) is 0.790. The van der Waals surface area contributed by atoms with Gasteiger partial charge in [0.1, 0.15) is 13.1 Å². The summed E-state index contributed by atoms with van der Waals surface area (Å²) in [5, 5.41) is 8.52. The van der Waals surface area contributed by atoms with Gasteiger partial charge in [-0.1, -0.05) is 6.92 Å². The maximum Gasteiger partial charge on any atom is 0.323 e. The van der Waals surface area contributed by atoms with Crippen LogP contribution < -0.4 is 0 Å². The van der Waals surface area contributed by atoms with Crippen molar-refractivity contribution in [3.8, 4) is 0 Å². The van der Waals surface area contributed by atoms with Gasteiger partial charge in [-0.15, -0.1) is 0 Å². The Balaban J connectivity index is 2.58. The van der Waals surface area contributed by atoms with Crippen LogP contribution in [0.5, 0.6) is 0 Å². The first-order valence-electron chi connectivity index (χ1n) is 4.82. The van der Waals surface area contributed by atoms with Crippen LogP contribution >= 0.6 is 0 Å². The van der Waals surface area contributed by atoms with Crippen molar-refractivity contribution in [2.24, 2.45) is 0 Å². The van der Waals surface area contributed by atoms with Crippen molar-refractivity contribution in [1.29, 1.82) is 0 Å². The summed E-state index contributed by atoms with van der Waals surface area (Å²) in [6, 6.07) is 0. The fourth-order valence-electron chi connectivity index (χ4n) is 1.48. The monoisotopic (exact) mass is 214 g/mol. The fourth-order valence-corrected chi connectivity index (χ4v) is 1.48. The lowest BCUT2D eigenvalue weighted by molar-refractivity contribution is -0.154. The van der Waals surface area contributed by atoms with Gasteiger partial charge in [0.25, 0.3) is 0 Å². The first kappa shape index (κ1) is 11.5. The molecule has 1 N–H and O–H groups in total. The van der Waals surface area contributed by atoms with Gasteiger partial charge in [-0.3, -0.25) is 14.4 Å². The largest absolute Gasteiger partial charge is 0.480 e. The van der Waals surface area contributed by atoms with Crippen LogP contribution in [0.4, 0.5) is 0 Å². The predicted octanol–water partition coefficient (Wildman–Crippen LogP) is -0.848. The lowest BCUT2D eigenvalue weighted by atomic mass is 10.2. The van der Waals surface area contributed by atoms with Crippen LogP contribution in [-0.4, -0.2) is 58.9 Å². The van der Waals surface area contributed by atoms with Gasteiger partial charge in [0.05, 0.1) is 6.54 Å². The molecule has 0 bridgehead atoms.